The van der Waals surface area contributed by atoms with E-state index in [1.807, 2.05) is 12.1 Å². The van der Waals surface area contributed by atoms with Gasteiger partial charge in [-0.1, -0.05) is 0 Å². The molecule has 2 amide bonds. The molecule has 1 aliphatic rings. The SMILES string of the molecule is COc1ccc(/C=N\NC(=O)[C@@H]2CC(=O)N(c3ccc(F)cc3)C2)cc1. The second-order valence-electron chi connectivity index (χ2n) is 5.89. The van der Waals surface area contributed by atoms with Gasteiger partial charge >= 0.3 is 0 Å². The summed E-state index contributed by atoms with van der Waals surface area (Å²) < 4.78 is 18.1. The number of rotatable bonds is 5. The first-order valence-corrected chi connectivity index (χ1v) is 8.09. The Balaban J connectivity index is 1.57. The normalized spacial score (nSPS) is 16.9. The van der Waals surface area contributed by atoms with E-state index < -0.39 is 5.92 Å². The molecule has 2 aromatic rings. The van der Waals surface area contributed by atoms with E-state index in [0.717, 1.165) is 11.3 Å². The number of nitrogens with one attached hydrogen (secondary N) is 1. The summed E-state index contributed by atoms with van der Waals surface area (Å²) in [6.45, 7) is 0.244. The third-order valence-electron chi connectivity index (χ3n) is 4.14. The van der Waals surface area contributed by atoms with Crippen LogP contribution in [0.3, 0.4) is 0 Å². The van der Waals surface area contributed by atoms with Crippen molar-refractivity contribution in [1.82, 2.24) is 5.43 Å². The summed E-state index contributed by atoms with van der Waals surface area (Å²) in [6, 6.07) is 12.8. The first-order chi connectivity index (χ1) is 12.6. The van der Waals surface area contributed by atoms with Gasteiger partial charge in [-0.2, -0.15) is 5.10 Å². The Kier molecular flexibility index (Phi) is 5.26. The van der Waals surface area contributed by atoms with Crippen LogP contribution in [0, 0.1) is 11.7 Å². The number of halogens is 1. The number of hydrogen-bond donors (Lipinski definition) is 1. The molecule has 6 nitrogen and oxygen atoms in total. The highest BCUT2D eigenvalue weighted by Gasteiger charge is 2.35. The quantitative estimate of drug-likeness (QED) is 0.661. The molecule has 1 saturated heterocycles. The standard InChI is InChI=1S/C19H18FN3O3/c1-26-17-8-2-13(3-9-17)11-21-22-19(25)14-10-18(24)23(12-14)16-6-4-15(20)5-7-16/h2-9,11,14H,10,12H2,1H3,(H,22,25)/b21-11-/t14-/m1/s1. The van der Waals surface area contributed by atoms with Gasteiger partial charge in [0.1, 0.15) is 11.6 Å². The van der Waals surface area contributed by atoms with Crippen molar-refractivity contribution >= 4 is 23.7 Å². The Morgan fingerprint density at radius 2 is 1.92 bits per heavy atom. The van der Waals surface area contributed by atoms with Crippen LogP contribution in [0.5, 0.6) is 5.75 Å². The molecule has 1 N–H and O–H groups in total. The molecule has 1 heterocycles. The molecule has 2 aromatic carbocycles. The zero-order valence-electron chi connectivity index (χ0n) is 14.2. The fraction of sp³-hybridized carbons (Fsp3) is 0.211. The van der Waals surface area contributed by atoms with E-state index in [2.05, 4.69) is 10.5 Å². The molecule has 1 fully saturated rings. The van der Waals surface area contributed by atoms with Gasteiger partial charge in [-0.05, 0) is 54.1 Å². The summed E-state index contributed by atoms with van der Waals surface area (Å²) in [5.74, 6) is -0.636. The van der Waals surface area contributed by atoms with Crippen molar-refractivity contribution in [2.24, 2.45) is 11.0 Å². The zero-order valence-corrected chi connectivity index (χ0v) is 14.2. The van der Waals surface area contributed by atoms with E-state index in [1.54, 1.807) is 19.2 Å². The fourth-order valence-corrected chi connectivity index (χ4v) is 2.71. The molecular formula is C19H18FN3O3. The minimum absolute atomic E-state index is 0.0985. The van der Waals surface area contributed by atoms with Gasteiger partial charge in [0.25, 0.3) is 0 Å². The molecule has 1 aliphatic heterocycles. The van der Waals surface area contributed by atoms with Crippen LogP contribution in [0.25, 0.3) is 0 Å². The van der Waals surface area contributed by atoms with Crippen LogP contribution < -0.4 is 15.1 Å². The number of methoxy groups -OCH3 is 1. The minimum atomic E-state index is -0.499. The lowest BCUT2D eigenvalue weighted by Gasteiger charge is -2.16. The molecule has 0 unspecified atom stereocenters. The van der Waals surface area contributed by atoms with Crippen LogP contribution in [0.1, 0.15) is 12.0 Å². The van der Waals surface area contributed by atoms with Gasteiger partial charge in [0, 0.05) is 18.7 Å². The maximum absolute atomic E-state index is 13.0. The van der Waals surface area contributed by atoms with E-state index in [-0.39, 0.29) is 30.6 Å². The van der Waals surface area contributed by atoms with Crippen LogP contribution >= 0.6 is 0 Å². The Morgan fingerprint density at radius 3 is 2.58 bits per heavy atom. The highest BCUT2D eigenvalue weighted by atomic mass is 19.1. The molecule has 0 saturated carbocycles. The summed E-state index contributed by atoms with van der Waals surface area (Å²) in [7, 11) is 1.58. The second kappa shape index (κ2) is 7.77. The van der Waals surface area contributed by atoms with E-state index in [9.17, 15) is 14.0 Å². The fourth-order valence-electron chi connectivity index (χ4n) is 2.71. The lowest BCUT2D eigenvalue weighted by molar-refractivity contribution is -0.126. The van der Waals surface area contributed by atoms with Gasteiger partial charge in [-0.25, -0.2) is 9.82 Å². The molecule has 0 spiro atoms. The van der Waals surface area contributed by atoms with Crippen molar-refractivity contribution in [1.29, 1.82) is 0 Å². The first-order valence-electron chi connectivity index (χ1n) is 8.09. The number of nitrogens with zero attached hydrogens (tertiary/aromatic N) is 2. The number of carbonyl (C=O) groups excluding carboxylic acids is 2. The van der Waals surface area contributed by atoms with Gasteiger partial charge in [0.05, 0.1) is 19.2 Å². The summed E-state index contributed by atoms with van der Waals surface area (Å²) in [4.78, 5) is 25.8. The third kappa shape index (κ3) is 4.05. The van der Waals surface area contributed by atoms with Crippen LogP contribution in [0.4, 0.5) is 10.1 Å². The van der Waals surface area contributed by atoms with Crippen LogP contribution in [-0.2, 0) is 9.59 Å². The molecule has 134 valence electrons. The molecule has 3 rings (SSSR count). The molecule has 1 atom stereocenters. The topological polar surface area (TPSA) is 71.0 Å². The maximum atomic E-state index is 13.0. The predicted octanol–water partition coefficient (Wildman–Crippen LogP) is 2.34. The van der Waals surface area contributed by atoms with Crippen LogP contribution in [0.2, 0.25) is 0 Å². The lowest BCUT2D eigenvalue weighted by Crippen LogP contribution is -2.30. The molecule has 0 aromatic heterocycles. The number of amides is 2. The van der Waals surface area contributed by atoms with Gasteiger partial charge in [-0.15, -0.1) is 0 Å². The van der Waals surface area contributed by atoms with E-state index >= 15 is 0 Å². The average molecular weight is 355 g/mol. The van der Waals surface area contributed by atoms with Crippen molar-refractivity contribution in [3.8, 4) is 5.75 Å². The number of ether oxygens (including phenoxy) is 1. The van der Waals surface area contributed by atoms with Crippen molar-refractivity contribution in [2.75, 3.05) is 18.6 Å². The lowest BCUT2D eigenvalue weighted by atomic mass is 10.1. The number of hydrogen-bond acceptors (Lipinski definition) is 4. The Morgan fingerprint density at radius 1 is 1.23 bits per heavy atom. The number of benzene rings is 2. The Labute approximate surface area is 150 Å². The van der Waals surface area contributed by atoms with Gasteiger partial charge in [0.2, 0.25) is 11.8 Å². The number of anilines is 1. The third-order valence-corrected chi connectivity index (χ3v) is 4.14. The highest BCUT2D eigenvalue weighted by Crippen LogP contribution is 2.25. The number of carbonyl (C=O) groups is 2. The molecular weight excluding hydrogens is 337 g/mol. The van der Waals surface area contributed by atoms with Gasteiger partial charge in [0.15, 0.2) is 0 Å². The summed E-state index contributed by atoms with van der Waals surface area (Å²) >= 11 is 0. The van der Waals surface area contributed by atoms with Crippen molar-refractivity contribution in [2.45, 2.75) is 6.42 Å². The molecule has 0 radical (unpaired) electrons. The molecule has 0 aliphatic carbocycles. The monoisotopic (exact) mass is 355 g/mol. The summed E-state index contributed by atoms with van der Waals surface area (Å²) in [5.41, 5.74) is 3.85. The summed E-state index contributed by atoms with van der Waals surface area (Å²) in [5, 5.41) is 3.93. The largest absolute Gasteiger partial charge is 0.497 e. The predicted molar refractivity (Wildman–Crippen MR) is 95.6 cm³/mol. The van der Waals surface area contributed by atoms with Crippen molar-refractivity contribution in [3.05, 3.63) is 59.9 Å². The van der Waals surface area contributed by atoms with E-state index in [1.165, 1.54) is 35.4 Å². The van der Waals surface area contributed by atoms with Crippen LogP contribution in [-0.4, -0.2) is 31.7 Å². The molecule has 0 bridgehead atoms. The van der Waals surface area contributed by atoms with E-state index in [4.69, 9.17) is 4.74 Å². The zero-order chi connectivity index (χ0) is 18.5. The van der Waals surface area contributed by atoms with Gasteiger partial charge < -0.3 is 9.64 Å². The summed E-state index contributed by atoms with van der Waals surface area (Å²) in [6.07, 6.45) is 1.62. The smallest absolute Gasteiger partial charge is 0.245 e. The highest BCUT2D eigenvalue weighted by molar-refractivity contribution is 6.00. The molecule has 26 heavy (non-hydrogen) atoms. The van der Waals surface area contributed by atoms with Gasteiger partial charge in [-0.3, -0.25) is 9.59 Å². The van der Waals surface area contributed by atoms with E-state index in [0.29, 0.717) is 5.69 Å². The number of hydrazone groups is 1. The second-order valence-corrected chi connectivity index (χ2v) is 5.89. The Hall–Kier alpha value is -3.22. The average Bonchev–Trinajstić information content (AvgIpc) is 3.05. The minimum Gasteiger partial charge on any atom is -0.497 e. The Bertz CT molecular complexity index is 819. The first kappa shape index (κ1) is 17.6. The van der Waals surface area contributed by atoms with Crippen molar-refractivity contribution < 1.29 is 18.7 Å². The van der Waals surface area contributed by atoms with Crippen molar-refractivity contribution in [3.63, 3.8) is 0 Å². The van der Waals surface area contributed by atoms with Crippen LogP contribution in [0.15, 0.2) is 53.6 Å². The molecule has 7 heteroatoms. The maximum Gasteiger partial charge on any atom is 0.245 e.